The summed E-state index contributed by atoms with van der Waals surface area (Å²) in [6, 6.07) is 5.07. The van der Waals surface area contributed by atoms with Crippen LogP contribution < -0.4 is 5.56 Å². The molecule has 0 aliphatic carbocycles. The molecule has 1 heterocycles. The van der Waals surface area contributed by atoms with Crippen molar-refractivity contribution in [1.82, 2.24) is 4.57 Å². The van der Waals surface area contributed by atoms with Crippen LogP contribution in [0.4, 0.5) is 0 Å². The molecule has 72 valence electrons. The van der Waals surface area contributed by atoms with Crippen molar-refractivity contribution in [1.29, 1.82) is 0 Å². The van der Waals surface area contributed by atoms with Crippen molar-refractivity contribution in [3.05, 3.63) is 34.7 Å². The Labute approximate surface area is 81.9 Å². The summed E-state index contributed by atoms with van der Waals surface area (Å²) in [6.45, 7) is 1.64. The third-order valence-corrected chi connectivity index (χ3v) is 1.75. The molecule has 1 rings (SSSR count). The van der Waals surface area contributed by atoms with Crippen LogP contribution in [-0.4, -0.2) is 23.7 Å². The van der Waals surface area contributed by atoms with E-state index in [1.54, 1.807) is 16.8 Å². The summed E-state index contributed by atoms with van der Waals surface area (Å²) in [5, 5.41) is 0. The number of alkyl halides is 1. The molecule has 0 aromatic carbocycles. The molecule has 0 bridgehead atoms. The lowest BCUT2D eigenvalue weighted by molar-refractivity contribution is 0.140. The third kappa shape index (κ3) is 3.61. The number of hydrogen-bond donors (Lipinski definition) is 0. The van der Waals surface area contributed by atoms with Crippen molar-refractivity contribution in [3.8, 4) is 0 Å². The largest absolute Gasteiger partial charge is 0.378 e. The second kappa shape index (κ2) is 5.78. The summed E-state index contributed by atoms with van der Waals surface area (Å²) in [6.07, 6.45) is 1.74. The first-order chi connectivity index (χ1) is 6.34. The van der Waals surface area contributed by atoms with Gasteiger partial charge in [0.15, 0.2) is 0 Å². The Morgan fingerprint density at radius 3 is 2.92 bits per heavy atom. The maximum absolute atomic E-state index is 11.2. The van der Waals surface area contributed by atoms with Gasteiger partial charge in [0.25, 0.3) is 5.56 Å². The molecule has 0 radical (unpaired) electrons. The van der Waals surface area contributed by atoms with Crippen LogP contribution in [0, 0.1) is 0 Å². The molecule has 3 nitrogen and oxygen atoms in total. The Kier molecular flexibility index (Phi) is 4.57. The second-order valence-electron chi connectivity index (χ2n) is 2.53. The Hall–Kier alpha value is -0.800. The van der Waals surface area contributed by atoms with Gasteiger partial charge in [-0.25, -0.2) is 0 Å². The molecule has 1 aromatic heterocycles. The number of pyridine rings is 1. The average molecular weight is 202 g/mol. The first-order valence-corrected chi connectivity index (χ1v) is 4.67. The summed E-state index contributed by atoms with van der Waals surface area (Å²) in [5.41, 5.74) is -0.00280. The minimum absolute atomic E-state index is 0.00280. The maximum Gasteiger partial charge on any atom is 0.250 e. The van der Waals surface area contributed by atoms with Gasteiger partial charge in [-0.2, -0.15) is 0 Å². The molecule has 0 fully saturated rings. The maximum atomic E-state index is 11.2. The number of aromatic nitrogens is 1. The van der Waals surface area contributed by atoms with Crippen LogP contribution in [0.1, 0.15) is 0 Å². The highest BCUT2D eigenvalue weighted by Crippen LogP contribution is 1.84. The molecule has 0 spiro atoms. The standard InChI is InChI=1S/C9H12ClNO2/c10-4-7-13-8-6-11-5-2-1-3-9(11)12/h1-3,5H,4,6-8H2. The van der Waals surface area contributed by atoms with Crippen molar-refractivity contribution in [2.45, 2.75) is 6.54 Å². The highest BCUT2D eigenvalue weighted by molar-refractivity contribution is 6.17. The van der Waals surface area contributed by atoms with E-state index in [2.05, 4.69) is 0 Å². The first-order valence-electron chi connectivity index (χ1n) is 4.14. The smallest absolute Gasteiger partial charge is 0.250 e. The van der Waals surface area contributed by atoms with Gasteiger partial charge < -0.3 is 9.30 Å². The third-order valence-electron chi connectivity index (χ3n) is 1.60. The molecule has 1 aromatic rings. The van der Waals surface area contributed by atoms with E-state index in [1.807, 2.05) is 6.07 Å². The van der Waals surface area contributed by atoms with E-state index >= 15 is 0 Å². The fraction of sp³-hybridized carbons (Fsp3) is 0.444. The molecule has 0 aliphatic heterocycles. The van der Waals surface area contributed by atoms with E-state index in [4.69, 9.17) is 16.3 Å². The summed E-state index contributed by atoms with van der Waals surface area (Å²) < 4.78 is 6.76. The van der Waals surface area contributed by atoms with E-state index in [-0.39, 0.29) is 5.56 Å². The van der Waals surface area contributed by atoms with Crippen molar-refractivity contribution in [2.75, 3.05) is 19.1 Å². The van der Waals surface area contributed by atoms with E-state index in [1.165, 1.54) is 6.07 Å². The van der Waals surface area contributed by atoms with Crippen molar-refractivity contribution < 1.29 is 4.74 Å². The van der Waals surface area contributed by atoms with Crippen LogP contribution in [0.2, 0.25) is 0 Å². The zero-order chi connectivity index (χ0) is 9.52. The quantitative estimate of drug-likeness (QED) is 0.528. The van der Waals surface area contributed by atoms with Crippen LogP contribution in [-0.2, 0) is 11.3 Å². The summed E-state index contributed by atoms with van der Waals surface area (Å²) >= 11 is 5.42. The van der Waals surface area contributed by atoms with Crippen LogP contribution >= 0.6 is 11.6 Å². The van der Waals surface area contributed by atoms with Gasteiger partial charge in [-0.15, -0.1) is 11.6 Å². The monoisotopic (exact) mass is 201 g/mol. The molecule has 0 N–H and O–H groups in total. The summed E-state index contributed by atoms with van der Waals surface area (Å²) in [5.74, 6) is 0.490. The minimum atomic E-state index is -0.00280. The predicted octanol–water partition coefficient (Wildman–Crippen LogP) is 1.10. The lowest BCUT2D eigenvalue weighted by atomic mass is 10.5. The Morgan fingerprint density at radius 1 is 1.38 bits per heavy atom. The minimum Gasteiger partial charge on any atom is -0.378 e. The average Bonchev–Trinajstić information content (AvgIpc) is 2.15. The molecular weight excluding hydrogens is 190 g/mol. The van der Waals surface area contributed by atoms with Crippen LogP contribution in [0.25, 0.3) is 0 Å². The van der Waals surface area contributed by atoms with E-state index < -0.39 is 0 Å². The number of hydrogen-bond acceptors (Lipinski definition) is 2. The fourth-order valence-corrected chi connectivity index (χ4v) is 1.07. The van der Waals surface area contributed by atoms with Gasteiger partial charge in [-0.05, 0) is 6.07 Å². The molecule has 0 atom stereocenters. The normalized spacial score (nSPS) is 10.2. The van der Waals surface area contributed by atoms with Gasteiger partial charge in [0.1, 0.15) is 0 Å². The van der Waals surface area contributed by atoms with Gasteiger partial charge in [0.05, 0.1) is 13.2 Å². The first kappa shape index (κ1) is 10.3. The lowest BCUT2D eigenvalue weighted by Gasteiger charge is -2.04. The zero-order valence-corrected chi connectivity index (χ0v) is 8.04. The number of rotatable bonds is 5. The van der Waals surface area contributed by atoms with Crippen LogP contribution in [0.5, 0.6) is 0 Å². The number of nitrogens with zero attached hydrogens (tertiary/aromatic N) is 1. The molecule has 0 amide bonds. The molecule has 0 aliphatic rings. The highest BCUT2D eigenvalue weighted by Gasteiger charge is 1.92. The van der Waals surface area contributed by atoms with Gasteiger partial charge in [0, 0.05) is 24.7 Å². The molecule has 0 saturated heterocycles. The van der Waals surface area contributed by atoms with Gasteiger partial charge in [-0.3, -0.25) is 4.79 Å². The topological polar surface area (TPSA) is 31.2 Å². The van der Waals surface area contributed by atoms with Crippen LogP contribution in [0.15, 0.2) is 29.2 Å². The molecule has 0 saturated carbocycles. The second-order valence-corrected chi connectivity index (χ2v) is 2.91. The molecular formula is C9H12ClNO2. The fourth-order valence-electron chi connectivity index (χ4n) is 0.965. The highest BCUT2D eigenvalue weighted by atomic mass is 35.5. The zero-order valence-electron chi connectivity index (χ0n) is 7.28. The van der Waals surface area contributed by atoms with Crippen molar-refractivity contribution >= 4 is 11.6 Å². The van der Waals surface area contributed by atoms with Gasteiger partial charge in [0.2, 0.25) is 0 Å². The molecule has 0 unspecified atom stereocenters. The summed E-state index contributed by atoms with van der Waals surface area (Å²) in [4.78, 5) is 11.2. The predicted molar refractivity (Wildman–Crippen MR) is 52.2 cm³/mol. The van der Waals surface area contributed by atoms with Crippen molar-refractivity contribution in [2.24, 2.45) is 0 Å². The van der Waals surface area contributed by atoms with Crippen LogP contribution in [0.3, 0.4) is 0 Å². The van der Waals surface area contributed by atoms with E-state index in [0.717, 1.165) is 0 Å². The Bertz CT molecular complexity index is 298. The molecule has 13 heavy (non-hydrogen) atoms. The molecule has 4 heteroatoms. The SMILES string of the molecule is O=c1ccccn1CCOCCCl. The number of ether oxygens (including phenoxy) is 1. The summed E-state index contributed by atoms with van der Waals surface area (Å²) in [7, 11) is 0. The Balaban J connectivity index is 2.37. The van der Waals surface area contributed by atoms with Crippen molar-refractivity contribution in [3.63, 3.8) is 0 Å². The van der Waals surface area contributed by atoms with E-state index in [0.29, 0.717) is 25.6 Å². The van der Waals surface area contributed by atoms with Gasteiger partial charge in [-0.1, -0.05) is 6.07 Å². The lowest BCUT2D eigenvalue weighted by Crippen LogP contribution is -2.20. The van der Waals surface area contributed by atoms with Gasteiger partial charge >= 0.3 is 0 Å². The van der Waals surface area contributed by atoms with E-state index in [9.17, 15) is 4.79 Å². The Morgan fingerprint density at radius 2 is 2.23 bits per heavy atom. The number of halogens is 1.